The molecule has 0 saturated carbocycles. The number of aryl methyl sites for hydroxylation is 1. The van der Waals surface area contributed by atoms with E-state index in [2.05, 4.69) is 22.0 Å². The van der Waals surface area contributed by atoms with E-state index in [9.17, 15) is 0 Å². The summed E-state index contributed by atoms with van der Waals surface area (Å²) in [6.07, 6.45) is 3.29. The highest BCUT2D eigenvalue weighted by molar-refractivity contribution is 6.30. The first-order valence-corrected chi connectivity index (χ1v) is 8.42. The van der Waals surface area contributed by atoms with Crippen molar-refractivity contribution in [3.05, 3.63) is 58.4 Å². The number of anilines is 1. The van der Waals surface area contributed by atoms with Gasteiger partial charge in [0.1, 0.15) is 5.82 Å². The van der Waals surface area contributed by atoms with Gasteiger partial charge in [-0.2, -0.15) is 9.61 Å². The Morgan fingerprint density at radius 3 is 2.57 bits per heavy atom. The Balaban J connectivity index is 1.71. The molecule has 0 bridgehead atoms. The van der Waals surface area contributed by atoms with Gasteiger partial charge in [0.25, 0.3) is 0 Å². The van der Waals surface area contributed by atoms with Crippen molar-refractivity contribution in [1.82, 2.24) is 14.6 Å². The van der Waals surface area contributed by atoms with Gasteiger partial charge in [0.2, 0.25) is 0 Å². The van der Waals surface area contributed by atoms with Gasteiger partial charge < -0.3 is 4.90 Å². The molecule has 23 heavy (non-hydrogen) atoms. The van der Waals surface area contributed by atoms with Crippen LogP contribution >= 0.6 is 11.6 Å². The third-order valence-corrected chi connectivity index (χ3v) is 4.57. The van der Waals surface area contributed by atoms with E-state index in [-0.39, 0.29) is 0 Å². The number of nitrogens with zero attached hydrogens (tertiary/aromatic N) is 4. The quantitative estimate of drug-likeness (QED) is 0.732. The molecule has 4 rings (SSSR count). The number of hydrogen-bond donors (Lipinski definition) is 0. The van der Waals surface area contributed by atoms with Gasteiger partial charge >= 0.3 is 0 Å². The van der Waals surface area contributed by atoms with E-state index in [1.54, 1.807) is 0 Å². The SMILES string of the molecule is Cc1cc(N2CCCC2)n2nc(Cc3ccc(Cl)cc3)cc2n1. The minimum Gasteiger partial charge on any atom is -0.356 e. The average molecular weight is 327 g/mol. The van der Waals surface area contributed by atoms with Crippen LogP contribution in [-0.4, -0.2) is 27.7 Å². The Morgan fingerprint density at radius 2 is 1.83 bits per heavy atom. The van der Waals surface area contributed by atoms with Crippen molar-refractivity contribution in [2.24, 2.45) is 0 Å². The lowest BCUT2D eigenvalue weighted by atomic mass is 10.1. The topological polar surface area (TPSA) is 33.4 Å². The molecular formula is C18H19ClN4. The molecule has 0 spiro atoms. The molecule has 3 aromatic rings. The molecule has 118 valence electrons. The molecule has 0 aliphatic carbocycles. The van der Waals surface area contributed by atoms with Crippen molar-refractivity contribution in [3.63, 3.8) is 0 Å². The molecule has 0 unspecified atom stereocenters. The van der Waals surface area contributed by atoms with Crippen molar-refractivity contribution >= 4 is 23.1 Å². The number of fused-ring (bicyclic) bond motifs is 1. The lowest BCUT2D eigenvalue weighted by molar-refractivity contribution is 0.830. The Hall–Kier alpha value is -2.07. The maximum absolute atomic E-state index is 5.95. The van der Waals surface area contributed by atoms with Crippen LogP contribution in [0.4, 0.5) is 5.82 Å². The zero-order valence-electron chi connectivity index (χ0n) is 13.2. The second-order valence-electron chi connectivity index (χ2n) is 6.16. The molecule has 0 amide bonds. The number of benzene rings is 1. The normalized spacial score (nSPS) is 14.8. The van der Waals surface area contributed by atoms with Crippen LogP contribution in [0.5, 0.6) is 0 Å². The summed E-state index contributed by atoms with van der Waals surface area (Å²) in [5.74, 6) is 1.16. The molecule has 1 aromatic carbocycles. The highest BCUT2D eigenvalue weighted by atomic mass is 35.5. The summed E-state index contributed by atoms with van der Waals surface area (Å²) in [6.45, 7) is 4.25. The Labute approximate surface area is 140 Å². The summed E-state index contributed by atoms with van der Waals surface area (Å²) in [5, 5.41) is 5.56. The third kappa shape index (κ3) is 2.91. The average Bonchev–Trinajstić information content (AvgIpc) is 3.18. The summed E-state index contributed by atoms with van der Waals surface area (Å²) in [6, 6.07) is 12.2. The minimum atomic E-state index is 0.761. The van der Waals surface area contributed by atoms with Crippen molar-refractivity contribution in [1.29, 1.82) is 0 Å². The van der Waals surface area contributed by atoms with Crippen LogP contribution < -0.4 is 4.90 Å². The summed E-state index contributed by atoms with van der Waals surface area (Å²) in [5.41, 5.74) is 4.20. The molecule has 2 aromatic heterocycles. The fourth-order valence-corrected chi connectivity index (χ4v) is 3.32. The van der Waals surface area contributed by atoms with Crippen LogP contribution in [0.2, 0.25) is 5.02 Å². The molecule has 4 nitrogen and oxygen atoms in total. The van der Waals surface area contributed by atoms with E-state index >= 15 is 0 Å². The fraction of sp³-hybridized carbons (Fsp3) is 0.333. The standard InChI is InChI=1S/C18H19ClN4/c1-13-10-18(22-8-2-3-9-22)23-17(20-13)12-16(21-23)11-14-4-6-15(19)7-5-14/h4-7,10,12H,2-3,8-9,11H2,1H3. The summed E-state index contributed by atoms with van der Waals surface area (Å²) in [4.78, 5) is 7.04. The number of hydrogen-bond acceptors (Lipinski definition) is 3. The lowest BCUT2D eigenvalue weighted by Crippen LogP contribution is -2.21. The number of rotatable bonds is 3. The predicted molar refractivity (Wildman–Crippen MR) is 93.4 cm³/mol. The van der Waals surface area contributed by atoms with Gasteiger partial charge in [0.15, 0.2) is 5.65 Å². The van der Waals surface area contributed by atoms with Gasteiger partial charge in [-0.3, -0.25) is 0 Å². The maximum atomic E-state index is 5.95. The summed E-state index contributed by atoms with van der Waals surface area (Å²) in [7, 11) is 0. The monoisotopic (exact) mass is 326 g/mol. The van der Waals surface area contributed by atoms with Crippen molar-refractivity contribution in [2.45, 2.75) is 26.2 Å². The molecular weight excluding hydrogens is 308 g/mol. The van der Waals surface area contributed by atoms with Crippen LogP contribution in [0.25, 0.3) is 5.65 Å². The molecule has 5 heteroatoms. The molecule has 1 fully saturated rings. The van der Waals surface area contributed by atoms with Crippen LogP contribution in [-0.2, 0) is 6.42 Å². The Kier molecular flexibility index (Phi) is 3.69. The van der Waals surface area contributed by atoms with Crippen molar-refractivity contribution in [3.8, 4) is 0 Å². The van der Waals surface area contributed by atoms with E-state index in [0.717, 1.165) is 47.4 Å². The van der Waals surface area contributed by atoms with Gasteiger partial charge in [-0.05, 0) is 37.5 Å². The van der Waals surface area contributed by atoms with Crippen LogP contribution in [0.3, 0.4) is 0 Å². The molecule has 1 saturated heterocycles. The Morgan fingerprint density at radius 1 is 1.09 bits per heavy atom. The fourth-order valence-electron chi connectivity index (χ4n) is 3.20. The number of aromatic nitrogens is 3. The molecule has 0 radical (unpaired) electrons. The highest BCUT2D eigenvalue weighted by Crippen LogP contribution is 2.23. The van der Waals surface area contributed by atoms with E-state index in [1.807, 2.05) is 35.7 Å². The largest absolute Gasteiger partial charge is 0.356 e. The van der Waals surface area contributed by atoms with Gasteiger partial charge in [0, 0.05) is 42.4 Å². The zero-order valence-corrected chi connectivity index (χ0v) is 13.9. The van der Waals surface area contributed by atoms with E-state index in [1.165, 1.54) is 18.4 Å². The summed E-state index contributed by atoms with van der Waals surface area (Å²) < 4.78 is 1.99. The lowest BCUT2D eigenvalue weighted by Gasteiger charge is -2.18. The van der Waals surface area contributed by atoms with Crippen LogP contribution in [0.15, 0.2) is 36.4 Å². The van der Waals surface area contributed by atoms with Gasteiger partial charge in [-0.1, -0.05) is 23.7 Å². The molecule has 1 aliphatic rings. The molecule has 3 heterocycles. The van der Waals surface area contributed by atoms with Crippen molar-refractivity contribution in [2.75, 3.05) is 18.0 Å². The first kappa shape index (κ1) is 14.5. The van der Waals surface area contributed by atoms with Crippen LogP contribution in [0, 0.1) is 6.92 Å². The maximum Gasteiger partial charge on any atom is 0.157 e. The van der Waals surface area contributed by atoms with Crippen molar-refractivity contribution < 1.29 is 0 Å². The zero-order chi connectivity index (χ0) is 15.8. The second-order valence-corrected chi connectivity index (χ2v) is 6.60. The molecule has 0 N–H and O–H groups in total. The first-order valence-electron chi connectivity index (χ1n) is 8.05. The second kappa shape index (κ2) is 5.85. The predicted octanol–water partition coefficient (Wildman–Crippen LogP) is 3.88. The minimum absolute atomic E-state index is 0.761. The first-order chi connectivity index (χ1) is 11.2. The van der Waals surface area contributed by atoms with Gasteiger partial charge in [-0.15, -0.1) is 0 Å². The highest BCUT2D eigenvalue weighted by Gasteiger charge is 2.17. The number of halogens is 1. The summed E-state index contributed by atoms with van der Waals surface area (Å²) >= 11 is 5.95. The third-order valence-electron chi connectivity index (χ3n) is 4.32. The molecule has 0 atom stereocenters. The van der Waals surface area contributed by atoms with Gasteiger partial charge in [-0.25, -0.2) is 4.98 Å². The Bertz CT molecular complexity index is 832. The smallest absolute Gasteiger partial charge is 0.157 e. The van der Waals surface area contributed by atoms with E-state index in [4.69, 9.17) is 16.7 Å². The molecule has 1 aliphatic heterocycles. The van der Waals surface area contributed by atoms with E-state index in [0.29, 0.717) is 0 Å². The van der Waals surface area contributed by atoms with Gasteiger partial charge in [0.05, 0.1) is 5.69 Å². The van der Waals surface area contributed by atoms with E-state index < -0.39 is 0 Å². The van der Waals surface area contributed by atoms with Crippen LogP contribution in [0.1, 0.15) is 29.8 Å².